The maximum absolute atomic E-state index is 12.4. The van der Waals surface area contributed by atoms with Crippen LogP contribution in [0, 0.1) is 0 Å². The predicted molar refractivity (Wildman–Crippen MR) is 78.1 cm³/mol. The first-order valence-corrected chi connectivity index (χ1v) is 7.33. The fraction of sp³-hybridized carbons (Fsp3) is 0.385. The Morgan fingerprint density at radius 1 is 1.43 bits per heavy atom. The largest absolute Gasteiger partial charge is 0.299 e. The van der Waals surface area contributed by atoms with Crippen LogP contribution in [0.2, 0.25) is 5.02 Å². The minimum atomic E-state index is -0.514. The van der Waals surface area contributed by atoms with Crippen LogP contribution in [0.3, 0.4) is 0 Å². The average molecular weight is 327 g/mol. The first kappa shape index (κ1) is 14.3. The summed E-state index contributed by atoms with van der Waals surface area (Å²) < 4.78 is 1.71. The number of hydrogen-bond acceptors (Lipinski definition) is 4. The predicted octanol–water partition coefficient (Wildman–Crippen LogP) is 2.14. The van der Waals surface area contributed by atoms with Crippen LogP contribution in [-0.4, -0.2) is 38.3 Å². The zero-order valence-corrected chi connectivity index (χ0v) is 12.7. The Labute approximate surface area is 130 Å². The number of likely N-dealkylation sites (tertiary alicyclic amines) is 1. The van der Waals surface area contributed by atoms with Gasteiger partial charge in [-0.2, -0.15) is 0 Å². The molecular weight excluding hydrogens is 315 g/mol. The van der Waals surface area contributed by atoms with E-state index in [1.54, 1.807) is 10.6 Å². The summed E-state index contributed by atoms with van der Waals surface area (Å²) in [6, 6.07) is 1.17. The number of halogens is 2. The van der Waals surface area contributed by atoms with Crippen molar-refractivity contribution < 1.29 is 9.59 Å². The summed E-state index contributed by atoms with van der Waals surface area (Å²) in [6.07, 6.45) is 2.23. The molecule has 1 aliphatic heterocycles. The third-order valence-electron chi connectivity index (χ3n) is 3.62. The van der Waals surface area contributed by atoms with Gasteiger partial charge in [0.25, 0.3) is 5.91 Å². The smallest absolute Gasteiger partial charge is 0.252 e. The molecule has 1 aliphatic rings. The molecule has 110 valence electrons. The summed E-state index contributed by atoms with van der Waals surface area (Å²) in [5.74, 6) is 0.246. The number of carbonyl (C=O) groups is 2. The number of imide groups is 1. The van der Waals surface area contributed by atoms with Gasteiger partial charge in [0.05, 0.1) is 10.9 Å². The molecule has 1 saturated heterocycles. The van der Waals surface area contributed by atoms with E-state index in [1.165, 1.54) is 13.2 Å². The molecule has 1 fully saturated rings. The highest BCUT2D eigenvalue weighted by molar-refractivity contribution is 6.31. The fourth-order valence-electron chi connectivity index (χ4n) is 2.56. The lowest BCUT2D eigenvalue weighted by Crippen LogP contribution is -2.43. The molecule has 0 radical (unpaired) electrons. The molecule has 2 aromatic heterocycles. The van der Waals surface area contributed by atoms with Crippen molar-refractivity contribution >= 4 is 46.2 Å². The molecule has 1 atom stereocenters. The number of nitrogens with zero attached hydrogens (tertiary/aromatic N) is 4. The van der Waals surface area contributed by atoms with Crippen molar-refractivity contribution in [1.29, 1.82) is 0 Å². The molecule has 0 saturated carbocycles. The van der Waals surface area contributed by atoms with E-state index in [1.807, 2.05) is 0 Å². The molecule has 1 unspecified atom stereocenters. The van der Waals surface area contributed by atoms with Gasteiger partial charge in [0.15, 0.2) is 5.65 Å². The van der Waals surface area contributed by atoms with Crippen LogP contribution in [0.1, 0.15) is 24.7 Å². The van der Waals surface area contributed by atoms with Gasteiger partial charge in [-0.1, -0.05) is 11.6 Å². The maximum atomic E-state index is 12.4. The number of alkyl halides is 1. The Morgan fingerprint density at radius 3 is 2.90 bits per heavy atom. The number of amides is 2. The molecule has 0 bridgehead atoms. The molecular formula is C13H12Cl2N4O2. The molecule has 0 aliphatic carbocycles. The Kier molecular flexibility index (Phi) is 3.59. The van der Waals surface area contributed by atoms with Crippen LogP contribution in [0.25, 0.3) is 11.2 Å². The van der Waals surface area contributed by atoms with Crippen molar-refractivity contribution in [3.8, 4) is 0 Å². The molecule has 0 spiro atoms. The van der Waals surface area contributed by atoms with Crippen molar-refractivity contribution in [3.63, 3.8) is 0 Å². The fourth-order valence-corrected chi connectivity index (χ4v) is 2.90. The van der Waals surface area contributed by atoms with Crippen LogP contribution >= 0.6 is 23.2 Å². The van der Waals surface area contributed by atoms with Crippen LogP contribution in [0.4, 0.5) is 0 Å². The molecule has 0 N–H and O–H groups in total. The SMILES string of the molecule is CN1C(=O)CCC(n2c(CCl)nc3cc(Cl)cnc32)C1=O. The second kappa shape index (κ2) is 5.27. The summed E-state index contributed by atoms with van der Waals surface area (Å²) in [6.45, 7) is 0. The van der Waals surface area contributed by atoms with Gasteiger partial charge in [0.2, 0.25) is 5.91 Å². The lowest BCUT2D eigenvalue weighted by Gasteiger charge is -2.29. The number of rotatable bonds is 2. The van der Waals surface area contributed by atoms with Gasteiger partial charge in [-0.25, -0.2) is 9.97 Å². The topological polar surface area (TPSA) is 68.1 Å². The van der Waals surface area contributed by atoms with Crippen LogP contribution in [0.15, 0.2) is 12.3 Å². The molecule has 3 heterocycles. The summed E-state index contributed by atoms with van der Waals surface area (Å²) >= 11 is 11.9. The van der Waals surface area contributed by atoms with E-state index in [9.17, 15) is 9.59 Å². The number of pyridine rings is 1. The first-order chi connectivity index (χ1) is 10.0. The zero-order valence-electron chi connectivity index (χ0n) is 11.2. The normalized spacial score (nSPS) is 19.6. The second-order valence-electron chi connectivity index (χ2n) is 4.87. The lowest BCUT2D eigenvalue weighted by molar-refractivity contribution is -0.149. The van der Waals surface area contributed by atoms with E-state index in [2.05, 4.69) is 9.97 Å². The van der Waals surface area contributed by atoms with E-state index < -0.39 is 6.04 Å². The van der Waals surface area contributed by atoms with Gasteiger partial charge >= 0.3 is 0 Å². The van der Waals surface area contributed by atoms with Gasteiger partial charge in [-0.05, 0) is 12.5 Å². The number of aromatic nitrogens is 3. The summed E-state index contributed by atoms with van der Waals surface area (Å²) in [5, 5.41) is 0.468. The van der Waals surface area contributed by atoms with E-state index in [4.69, 9.17) is 23.2 Å². The molecule has 2 aromatic rings. The summed E-state index contributed by atoms with van der Waals surface area (Å²) in [5.41, 5.74) is 1.14. The van der Waals surface area contributed by atoms with Crippen molar-refractivity contribution in [2.45, 2.75) is 24.8 Å². The highest BCUT2D eigenvalue weighted by Crippen LogP contribution is 2.29. The Bertz CT molecular complexity index is 743. The molecule has 8 heteroatoms. The quantitative estimate of drug-likeness (QED) is 0.626. The number of hydrogen-bond donors (Lipinski definition) is 0. The molecule has 6 nitrogen and oxygen atoms in total. The Hall–Kier alpha value is -1.66. The minimum absolute atomic E-state index is 0.148. The third kappa shape index (κ3) is 2.28. The van der Waals surface area contributed by atoms with Crippen molar-refractivity contribution in [1.82, 2.24) is 19.4 Å². The molecule has 21 heavy (non-hydrogen) atoms. The van der Waals surface area contributed by atoms with Crippen molar-refractivity contribution in [2.75, 3.05) is 7.05 Å². The van der Waals surface area contributed by atoms with Crippen molar-refractivity contribution in [3.05, 3.63) is 23.1 Å². The highest BCUT2D eigenvalue weighted by atomic mass is 35.5. The Morgan fingerprint density at radius 2 is 2.19 bits per heavy atom. The van der Waals surface area contributed by atoms with E-state index in [-0.39, 0.29) is 17.7 Å². The third-order valence-corrected chi connectivity index (χ3v) is 4.07. The van der Waals surface area contributed by atoms with Crippen LogP contribution in [-0.2, 0) is 15.5 Å². The van der Waals surface area contributed by atoms with Crippen LogP contribution < -0.4 is 0 Å². The molecule has 2 amide bonds. The maximum Gasteiger partial charge on any atom is 0.252 e. The lowest BCUT2D eigenvalue weighted by atomic mass is 10.0. The van der Waals surface area contributed by atoms with Gasteiger partial charge in [0, 0.05) is 19.7 Å². The van der Waals surface area contributed by atoms with E-state index in [0.717, 1.165) is 4.90 Å². The van der Waals surface area contributed by atoms with E-state index >= 15 is 0 Å². The number of likely N-dealkylation sites (N-methyl/N-ethyl adjacent to an activating group) is 1. The average Bonchev–Trinajstić information content (AvgIpc) is 2.82. The van der Waals surface area contributed by atoms with Gasteiger partial charge in [-0.3, -0.25) is 19.1 Å². The first-order valence-electron chi connectivity index (χ1n) is 6.41. The van der Waals surface area contributed by atoms with E-state index in [0.29, 0.717) is 34.9 Å². The standard InChI is InChI=1S/C13H12Cl2N4O2/c1-18-11(20)3-2-9(13(18)21)19-10(5-14)17-8-4-7(15)6-16-12(8)19/h4,6,9H,2-3,5H2,1H3. The van der Waals surface area contributed by atoms with Crippen molar-refractivity contribution in [2.24, 2.45) is 0 Å². The number of imidazole rings is 1. The van der Waals surface area contributed by atoms with Gasteiger partial charge < -0.3 is 0 Å². The number of carbonyl (C=O) groups excluding carboxylic acids is 2. The van der Waals surface area contributed by atoms with Gasteiger partial charge in [0.1, 0.15) is 17.4 Å². The second-order valence-corrected chi connectivity index (χ2v) is 5.58. The number of fused-ring (bicyclic) bond motifs is 1. The summed E-state index contributed by atoms with van der Waals surface area (Å²) in [7, 11) is 1.49. The Balaban J connectivity index is 2.15. The zero-order chi connectivity index (χ0) is 15.1. The molecule has 0 aromatic carbocycles. The summed E-state index contributed by atoms with van der Waals surface area (Å²) in [4.78, 5) is 33.8. The minimum Gasteiger partial charge on any atom is -0.299 e. The molecule has 3 rings (SSSR count). The monoisotopic (exact) mass is 326 g/mol. The number of piperidine rings is 1. The van der Waals surface area contributed by atoms with Gasteiger partial charge in [-0.15, -0.1) is 11.6 Å². The highest BCUT2D eigenvalue weighted by Gasteiger charge is 2.35. The van der Waals surface area contributed by atoms with Crippen LogP contribution in [0.5, 0.6) is 0 Å².